The van der Waals surface area contributed by atoms with Gasteiger partial charge in [-0.25, -0.2) is 0 Å². The second-order valence-corrected chi connectivity index (χ2v) is 4.53. The average Bonchev–Trinajstić information content (AvgIpc) is 2.43. The summed E-state index contributed by atoms with van der Waals surface area (Å²) in [6.07, 6.45) is -0.585. The minimum atomic E-state index is -1.28. The van der Waals surface area contributed by atoms with Gasteiger partial charge >= 0.3 is 11.9 Å². The van der Waals surface area contributed by atoms with Crippen LogP contribution in [-0.2, 0) is 19.2 Å². The number of aliphatic carboxylic acids is 2. The molecule has 2 amide bonds. The molecule has 0 heterocycles. The van der Waals surface area contributed by atoms with E-state index in [2.05, 4.69) is 16.0 Å². The van der Waals surface area contributed by atoms with Crippen LogP contribution in [0.4, 0.5) is 0 Å². The van der Waals surface area contributed by atoms with Crippen LogP contribution in [0, 0.1) is 0 Å². The van der Waals surface area contributed by atoms with Crippen LogP contribution in [0.1, 0.15) is 19.3 Å². The summed E-state index contributed by atoms with van der Waals surface area (Å²) in [6.45, 7) is 0.614. The summed E-state index contributed by atoms with van der Waals surface area (Å²) in [4.78, 5) is 45.2. The van der Waals surface area contributed by atoms with Crippen molar-refractivity contribution in [2.45, 2.75) is 31.3 Å². The van der Waals surface area contributed by atoms with Gasteiger partial charge in [0, 0.05) is 6.54 Å². The molecule has 0 saturated heterocycles. The predicted molar refractivity (Wildman–Crippen MR) is 76.0 cm³/mol. The molecule has 22 heavy (non-hydrogen) atoms. The average molecular weight is 318 g/mol. The van der Waals surface area contributed by atoms with Gasteiger partial charge < -0.3 is 31.9 Å². The third-order valence-corrected chi connectivity index (χ3v) is 2.74. The number of hydrogen-bond acceptors (Lipinski definition) is 6. The highest BCUT2D eigenvalue weighted by atomic mass is 16.4. The molecule has 0 rings (SSSR count). The predicted octanol–water partition coefficient (Wildman–Crippen LogP) is -2.53. The minimum Gasteiger partial charge on any atom is -0.481 e. The summed E-state index contributed by atoms with van der Waals surface area (Å²) in [6, 6.07) is -2.35. The molecule has 0 aromatic carbocycles. The molecule has 10 heteroatoms. The van der Waals surface area contributed by atoms with E-state index in [4.69, 9.17) is 15.9 Å². The molecule has 2 atom stereocenters. The van der Waals surface area contributed by atoms with Crippen molar-refractivity contribution >= 4 is 23.8 Å². The fraction of sp³-hybridized carbons (Fsp3) is 0.667. The van der Waals surface area contributed by atoms with E-state index in [0.717, 1.165) is 0 Å². The molecule has 0 aliphatic heterocycles. The van der Waals surface area contributed by atoms with E-state index in [-0.39, 0.29) is 6.54 Å². The van der Waals surface area contributed by atoms with E-state index < -0.39 is 48.7 Å². The fourth-order valence-electron chi connectivity index (χ4n) is 1.59. The first kappa shape index (κ1) is 19.8. The maximum Gasteiger partial charge on any atom is 0.305 e. The van der Waals surface area contributed by atoms with E-state index in [9.17, 15) is 19.2 Å². The second-order valence-electron chi connectivity index (χ2n) is 4.53. The molecule has 0 aliphatic carbocycles. The Balaban J connectivity index is 4.74. The van der Waals surface area contributed by atoms with Crippen LogP contribution in [0.5, 0.6) is 0 Å². The third-order valence-electron chi connectivity index (χ3n) is 2.74. The lowest BCUT2D eigenvalue weighted by Crippen LogP contribution is -2.53. The Hall–Kier alpha value is -2.20. The quantitative estimate of drug-likeness (QED) is 0.226. The van der Waals surface area contributed by atoms with E-state index in [1.54, 1.807) is 0 Å². The van der Waals surface area contributed by atoms with Crippen LogP contribution in [0.3, 0.4) is 0 Å². The highest BCUT2D eigenvalue weighted by Gasteiger charge is 2.27. The van der Waals surface area contributed by atoms with Crippen molar-refractivity contribution in [2.24, 2.45) is 5.73 Å². The van der Waals surface area contributed by atoms with Crippen molar-refractivity contribution in [3.63, 3.8) is 0 Å². The first-order chi connectivity index (χ1) is 10.3. The summed E-state index contributed by atoms with van der Waals surface area (Å²) in [5.74, 6) is -3.88. The van der Waals surface area contributed by atoms with Gasteiger partial charge in [-0.2, -0.15) is 0 Å². The molecule has 0 fully saturated rings. The van der Waals surface area contributed by atoms with Gasteiger partial charge in [0.25, 0.3) is 0 Å². The van der Waals surface area contributed by atoms with Crippen molar-refractivity contribution in [1.82, 2.24) is 16.0 Å². The Morgan fingerprint density at radius 2 is 1.55 bits per heavy atom. The molecular weight excluding hydrogens is 296 g/mol. The van der Waals surface area contributed by atoms with Gasteiger partial charge in [-0.05, 0) is 20.0 Å². The van der Waals surface area contributed by atoms with Crippen LogP contribution in [0.2, 0.25) is 0 Å². The number of carboxylic acids is 2. The molecular formula is C12H22N4O6. The van der Waals surface area contributed by atoms with E-state index >= 15 is 0 Å². The molecule has 0 aromatic heterocycles. The SMILES string of the molecule is CNC(CC(=O)O)C(=O)NC(CC(=O)O)C(=O)NCCCN. The highest BCUT2D eigenvalue weighted by Crippen LogP contribution is 1.98. The normalized spacial score (nSPS) is 13.0. The summed E-state index contributed by atoms with van der Waals surface area (Å²) in [5.41, 5.74) is 5.28. The Kier molecular flexibility index (Phi) is 9.46. The molecule has 0 bridgehead atoms. The molecule has 0 spiro atoms. The zero-order valence-electron chi connectivity index (χ0n) is 12.3. The zero-order chi connectivity index (χ0) is 17.1. The number of amides is 2. The lowest BCUT2D eigenvalue weighted by molar-refractivity contribution is -0.142. The molecule has 0 aliphatic rings. The number of carbonyl (C=O) groups excluding carboxylic acids is 2. The maximum atomic E-state index is 11.9. The van der Waals surface area contributed by atoms with Gasteiger partial charge in [0.05, 0.1) is 18.9 Å². The second kappa shape index (κ2) is 10.5. The Labute approximate surface area is 127 Å². The van der Waals surface area contributed by atoms with Crippen LogP contribution in [0.25, 0.3) is 0 Å². The largest absolute Gasteiger partial charge is 0.481 e. The van der Waals surface area contributed by atoms with Crippen LogP contribution < -0.4 is 21.7 Å². The van der Waals surface area contributed by atoms with Crippen molar-refractivity contribution in [1.29, 1.82) is 0 Å². The number of likely N-dealkylation sites (N-methyl/N-ethyl adjacent to an activating group) is 1. The first-order valence-corrected chi connectivity index (χ1v) is 6.70. The topological polar surface area (TPSA) is 171 Å². The third kappa shape index (κ3) is 8.17. The van der Waals surface area contributed by atoms with Crippen LogP contribution in [0.15, 0.2) is 0 Å². The molecule has 0 saturated carbocycles. The lowest BCUT2D eigenvalue weighted by atomic mass is 10.1. The molecule has 0 aromatic rings. The smallest absolute Gasteiger partial charge is 0.305 e. The Bertz CT molecular complexity index is 414. The summed E-state index contributed by atoms with van der Waals surface area (Å²) >= 11 is 0. The van der Waals surface area contributed by atoms with Crippen LogP contribution >= 0.6 is 0 Å². The van der Waals surface area contributed by atoms with Crippen molar-refractivity contribution < 1.29 is 29.4 Å². The van der Waals surface area contributed by atoms with E-state index in [1.807, 2.05) is 0 Å². The monoisotopic (exact) mass is 318 g/mol. The molecule has 7 N–H and O–H groups in total. The van der Waals surface area contributed by atoms with Gasteiger partial charge in [0.2, 0.25) is 11.8 Å². The summed E-state index contributed by atoms with van der Waals surface area (Å²) < 4.78 is 0. The number of nitrogens with two attached hydrogens (primary N) is 1. The molecule has 126 valence electrons. The van der Waals surface area contributed by atoms with Crippen molar-refractivity contribution in [3.05, 3.63) is 0 Å². The Morgan fingerprint density at radius 3 is 2.00 bits per heavy atom. The molecule has 10 nitrogen and oxygen atoms in total. The van der Waals surface area contributed by atoms with Gasteiger partial charge in [-0.3, -0.25) is 19.2 Å². The van der Waals surface area contributed by atoms with Crippen molar-refractivity contribution in [3.8, 4) is 0 Å². The lowest BCUT2D eigenvalue weighted by Gasteiger charge is -2.20. The molecule has 0 radical (unpaired) electrons. The van der Waals surface area contributed by atoms with E-state index in [1.165, 1.54) is 7.05 Å². The molecule has 2 unspecified atom stereocenters. The Morgan fingerprint density at radius 1 is 1.00 bits per heavy atom. The number of hydrogen-bond donors (Lipinski definition) is 6. The fourth-order valence-corrected chi connectivity index (χ4v) is 1.59. The minimum absolute atomic E-state index is 0.256. The van der Waals surface area contributed by atoms with E-state index in [0.29, 0.717) is 13.0 Å². The highest BCUT2D eigenvalue weighted by molar-refractivity contribution is 5.93. The standard InChI is InChI=1S/C12H22N4O6/c1-14-7(5-9(17)18)12(22)16-8(6-10(19)20)11(21)15-4-2-3-13/h7-8,14H,2-6,13H2,1H3,(H,15,21)(H,16,22)(H,17,18)(H,19,20). The summed E-state index contributed by atoms with van der Waals surface area (Å²) in [7, 11) is 1.39. The van der Waals surface area contributed by atoms with Gasteiger partial charge in [-0.15, -0.1) is 0 Å². The number of carboxylic acid groups (broad SMARTS) is 2. The zero-order valence-corrected chi connectivity index (χ0v) is 12.3. The van der Waals surface area contributed by atoms with Gasteiger partial charge in [0.1, 0.15) is 6.04 Å². The van der Waals surface area contributed by atoms with Gasteiger partial charge in [0.15, 0.2) is 0 Å². The summed E-state index contributed by atoms with van der Waals surface area (Å²) in [5, 5.41) is 24.7. The number of rotatable bonds is 11. The number of nitrogens with one attached hydrogen (secondary N) is 3. The van der Waals surface area contributed by atoms with Crippen molar-refractivity contribution in [2.75, 3.05) is 20.1 Å². The van der Waals surface area contributed by atoms with Crippen LogP contribution in [-0.4, -0.2) is 66.2 Å². The first-order valence-electron chi connectivity index (χ1n) is 6.70. The number of carbonyl (C=O) groups is 4. The maximum absolute atomic E-state index is 11.9. The van der Waals surface area contributed by atoms with Gasteiger partial charge in [-0.1, -0.05) is 0 Å².